The van der Waals surface area contributed by atoms with Crippen LogP contribution < -0.4 is 0 Å². The molecule has 33 heavy (non-hydrogen) atoms. The zero-order valence-electron chi connectivity index (χ0n) is 19.5. The van der Waals surface area contributed by atoms with Crippen LogP contribution in [0.4, 0.5) is 0 Å². The number of hydrogen-bond donors (Lipinski definition) is 4. The lowest BCUT2D eigenvalue weighted by atomic mass is 9.92. The van der Waals surface area contributed by atoms with Crippen LogP contribution in [0.2, 0.25) is 0 Å². The standard InChI is InChI=1S/C21H36O8S4/c1-5-16(33)20(25)29-12-21(9-26-17(22)6-13(2)30,10-27-18(23)7-14(3)31)11-28-19(24)8-15(4)32/h13-16,30-33H,5-12H2,1-4H3. The Labute approximate surface area is 218 Å². The molecule has 0 aromatic heterocycles. The second-order valence-electron chi connectivity index (χ2n) is 8.17. The fourth-order valence-electron chi connectivity index (χ4n) is 2.34. The van der Waals surface area contributed by atoms with E-state index in [1.807, 2.05) is 0 Å². The molecule has 4 atom stereocenters. The monoisotopic (exact) mass is 544 g/mol. The Morgan fingerprint density at radius 2 is 0.939 bits per heavy atom. The van der Waals surface area contributed by atoms with Crippen molar-refractivity contribution in [1.82, 2.24) is 0 Å². The maximum Gasteiger partial charge on any atom is 0.318 e. The first kappa shape index (κ1) is 32.3. The molecule has 0 radical (unpaired) electrons. The average Bonchev–Trinajstić information content (AvgIpc) is 2.70. The van der Waals surface area contributed by atoms with Crippen molar-refractivity contribution in [3.8, 4) is 0 Å². The van der Waals surface area contributed by atoms with Gasteiger partial charge in [-0.15, -0.1) is 0 Å². The molecule has 0 saturated heterocycles. The average molecular weight is 545 g/mol. The smallest absolute Gasteiger partial charge is 0.318 e. The van der Waals surface area contributed by atoms with E-state index in [2.05, 4.69) is 50.5 Å². The molecule has 4 unspecified atom stereocenters. The third-order valence-corrected chi connectivity index (χ3v) is 5.31. The van der Waals surface area contributed by atoms with Gasteiger partial charge in [-0.05, 0) is 6.42 Å². The number of thiol groups is 4. The lowest BCUT2D eigenvalue weighted by Crippen LogP contribution is -2.44. The van der Waals surface area contributed by atoms with Gasteiger partial charge in [0.2, 0.25) is 0 Å². The van der Waals surface area contributed by atoms with Crippen LogP contribution in [-0.4, -0.2) is 71.3 Å². The van der Waals surface area contributed by atoms with E-state index in [4.69, 9.17) is 18.9 Å². The molecule has 0 saturated carbocycles. The highest BCUT2D eigenvalue weighted by molar-refractivity contribution is 7.81. The Hall–Kier alpha value is -0.720. The van der Waals surface area contributed by atoms with Crippen molar-refractivity contribution in [1.29, 1.82) is 0 Å². The third kappa shape index (κ3) is 15.7. The molecule has 0 aliphatic rings. The summed E-state index contributed by atoms with van der Waals surface area (Å²) in [5.74, 6) is -2.22. The molecule has 0 N–H and O–H groups in total. The molecule has 0 spiro atoms. The van der Waals surface area contributed by atoms with Crippen molar-refractivity contribution in [2.75, 3.05) is 26.4 Å². The van der Waals surface area contributed by atoms with Gasteiger partial charge in [-0.1, -0.05) is 27.7 Å². The third-order valence-electron chi connectivity index (χ3n) is 4.18. The van der Waals surface area contributed by atoms with Crippen molar-refractivity contribution in [2.45, 2.75) is 74.4 Å². The van der Waals surface area contributed by atoms with Gasteiger partial charge in [0.05, 0.1) is 24.5 Å². The van der Waals surface area contributed by atoms with Crippen molar-refractivity contribution < 1.29 is 38.1 Å². The van der Waals surface area contributed by atoms with E-state index in [1.54, 1.807) is 27.7 Å². The molecule has 192 valence electrons. The highest BCUT2D eigenvalue weighted by atomic mass is 32.1. The summed E-state index contributed by atoms with van der Waals surface area (Å²) >= 11 is 16.7. The van der Waals surface area contributed by atoms with Crippen LogP contribution in [-0.2, 0) is 38.1 Å². The first-order chi connectivity index (χ1) is 15.3. The molecular formula is C21H36O8S4. The maximum atomic E-state index is 12.2. The lowest BCUT2D eigenvalue weighted by molar-refractivity contribution is -0.170. The van der Waals surface area contributed by atoms with Crippen LogP contribution in [0.3, 0.4) is 0 Å². The Kier molecular flexibility index (Phi) is 16.5. The van der Waals surface area contributed by atoms with Crippen molar-refractivity contribution >= 4 is 74.4 Å². The summed E-state index contributed by atoms with van der Waals surface area (Å²) in [5.41, 5.74) is -1.31. The van der Waals surface area contributed by atoms with Crippen LogP contribution >= 0.6 is 50.5 Å². The van der Waals surface area contributed by atoms with Gasteiger partial charge in [0.1, 0.15) is 31.8 Å². The van der Waals surface area contributed by atoms with Gasteiger partial charge in [-0.25, -0.2) is 0 Å². The van der Waals surface area contributed by atoms with Crippen LogP contribution in [0.25, 0.3) is 0 Å². The Balaban J connectivity index is 5.64. The fourth-order valence-corrected chi connectivity index (χ4v) is 2.86. The van der Waals surface area contributed by atoms with Gasteiger partial charge in [-0.2, -0.15) is 50.5 Å². The molecule has 0 aliphatic carbocycles. The number of ether oxygens (including phenoxy) is 4. The normalized spacial score (nSPS) is 16.5. The summed E-state index contributed by atoms with van der Waals surface area (Å²) in [6, 6.07) is 0. The Morgan fingerprint density at radius 1 is 0.636 bits per heavy atom. The van der Waals surface area contributed by atoms with Gasteiger partial charge >= 0.3 is 23.9 Å². The van der Waals surface area contributed by atoms with Crippen molar-refractivity contribution in [2.24, 2.45) is 5.41 Å². The van der Waals surface area contributed by atoms with Gasteiger partial charge in [0.15, 0.2) is 0 Å². The van der Waals surface area contributed by atoms with E-state index < -0.39 is 34.5 Å². The second-order valence-corrected chi connectivity index (χ2v) is 11.4. The Bertz CT molecular complexity index is 575. The first-order valence-corrected chi connectivity index (χ1v) is 12.7. The molecule has 0 heterocycles. The lowest BCUT2D eigenvalue weighted by Gasteiger charge is -2.32. The van der Waals surface area contributed by atoms with Crippen LogP contribution in [0.1, 0.15) is 53.4 Å². The summed E-state index contributed by atoms with van der Waals surface area (Å²) in [7, 11) is 0. The molecule has 8 nitrogen and oxygen atoms in total. The predicted octanol–water partition coefficient (Wildman–Crippen LogP) is 2.98. The number of hydrogen-bond acceptors (Lipinski definition) is 12. The largest absolute Gasteiger partial charge is 0.465 e. The minimum atomic E-state index is -1.31. The maximum absolute atomic E-state index is 12.2. The molecule has 0 aromatic rings. The topological polar surface area (TPSA) is 105 Å². The SMILES string of the molecule is CCC(S)C(=O)OCC(COC(=O)CC(C)S)(COC(=O)CC(C)S)COC(=O)CC(C)S. The number of carbonyl (C=O) groups excluding carboxylic acids is 4. The molecule has 0 aromatic carbocycles. The zero-order chi connectivity index (χ0) is 25.6. The molecular weight excluding hydrogens is 508 g/mol. The zero-order valence-corrected chi connectivity index (χ0v) is 23.1. The number of rotatable bonds is 16. The summed E-state index contributed by atoms with van der Waals surface area (Å²) in [6.07, 6.45) is 0.567. The van der Waals surface area contributed by atoms with E-state index in [0.29, 0.717) is 6.42 Å². The van der Waals surface area contributed by atoms with Crippen molar-refractivity contribution in [3.05, 3.63) is 0 Å². The highest BCUT2D eigenvalue weighted by Crippen LogP contribution is 2.23. The van der Waals surface area contributed by atoms with E-state index >= 15 is 0 Å². The fraction of sp³-hybridized carbons (Fsp3) is 0.810. The van der Waals surface area contributed by atoms with Gasteiger partial charge in [-0.3, -0.25) is 19.2 Å². The highest BCUT2D eigenvalue weighted by Gasteiger charge is 2.38. The van der Waals surface area contributed by atoms with Gasteiger partial charge < -0.3 is 18.9 Å². The summed E-state index contributed by atoms with van der Waals surface area (Å²) in [5, 5.41) is -1.36. The van der Waals surface area contributed by atoms with E-state index in [-0.39, 0.29) is 61.4 Å². The van der Waals surface area contributed by atoms with Crippen LogP contribution in [0.15, 0.2) is 0 Å². The molecule has 0 rings (SSSR count). The quantitative estimate of drug-likeness (QED) is 0.134. The molecule has 0 fully saturated rings. The minimum absolute atomic E-state index is 0.0431. The van der Waals surface area contributed by atoms with Crippen LogP contribution in [0, 0.1) is 5.41 Å². The molecule has 0 aliphatic heterocycles. The van der Waals surface area contributed by atoms with Crippen LogP contribution in [0.5, 0.6) is 0 Å². The molecule has 0 amide bonds. The second kappa shape index (κ2) is 16.8. The van der Waals surface area contributed by atoms with Gasteiger partial charge in [0.25, 0.3) is 0 Å². The molecule has 12 heteroatoms. The van der Waals surface area contributed by atoms with Crippen molar-refractivity contribution in [3.63, 3.8) is 0 Å². The predicted molar refractivity (Wildman–Crippen MR) is 139 cm³/mol. The minimum Gasteiger partial charge on any atom is -0.465 e. The number of carbonyl (C=O) groups is 4. The number of esters is 4. The summed E-state index contributed by atoms with van der Waals surface area (Å²) in [4.78, 5) is 48.6. The summed E-state index contributed by atoms with van der Waals surface area (Å²) in [6.45, 7) is 5.73. The first-order valence-electron chi connectivity index (χ1n) is 10.7. The van der Waals surface area contributed by atoms with E-state index in [0.717, 1.165) is 0 Å². The van der Waals surface area contributed by atoms with E-state index in [1.165, 1.54) is 0 Å². The summed E-state index contributed by atoms with van der Waals surface area (Å²) < 4.78 is 21.4. The Morgan fingerprint density at radius 3 is 1.21 bits per heavy atom. The van der Waals surface area contributed by atoms with Gasteiger partial charge in [0, 0.05) is 15.7 Å². The van der Waals surface area contributed by atoms with E-state index in [9.17, 15) is 19.2 Å². The molecule has 0 bridgehead atoms.